The Morgan fingerprint density at radius 2 is 1.92 bits per heavy atom. The van der Waals surface area contributed by atoms with E-state index in [2.05, 4.69) is 37.7 Å². The molecular formula is C17H17N5O4. The molecule has 0 spiro atoms. The van der Waals surface area contributed by atoms with Gasteiger partial charge in [-0.1, -0.05) is 22.4 Å². The zero-order valence-corrected chi connectivity index (χ0v) is 13.8. The molecule has 0 radical (unpaired) electrons. The van der Waals surface area contributed by atoms with Crippen LogP contribution in [0.2, 0.25) is 0 Å². The molecule has 1 fully saturated rings. The molecule has 0 saturated heterocycles. The Balaban J connectivity index is 1.36. The minimum atomic E-state index is -1.12. The maximum atomic E-state index is 11.1. The van der Waals surface area contributed by atoms with Crippen LogP contribution in [0, 0.1) is 0 Å². The second-order valence-corrected chi connectivity index (χ2v) is 6.25. The highest BCUT2D eigenvalue weighted by Crippen LogP contribution is 2.35. The Bertz CT molecular complexity index is 867. The van der Waals surface area contributed by atoms with Crippen LogP contribution < -0.4 is 4.74 Å². The number of carboxylic acids is 1. The number of aromatic nitrogens is 5. The molecule has 2 N–H and O–H groups in total. The van der Waals surface area contributed by atoms with E-state index in [1.165, 1.54) is 12.0 Å². The van der Waals surface area contributed by atoms with Gasteiger partial charge in [0.1, 0.15) is 6.10 Å². The SMILES string of the molecule is O=C(O)c1[nH]nnc1OC1CCC(c2ccc(-c3nnco3)cc2)CC1. The van der Waals surface area contributed by atoms with Crippen molar-refractivity contribution in [3.05, 3.63) is 41.9 Å². The van der Waals surface area contributed by atoms with Crippen LogP contribution in [0.4, 0.5) is 0 Å². The van der Waals surface area contributed by atoms with Crippen molar-refractivity contribution in [2.45, 2.75) is 37.7 Å². The third-order valence-corrected chi connectivity index (χ3v) is 4.67. The van der Waals surface area contributed by atoms with Gasteiger partial charge in [0.15, 0.2) is 0 Å². The van der Waals surface area contributed by atoms with Crippen LogP contribution in [-0.4, -0.2) is 42.8 Å². The number of carboxylic acid groups (broad SMARTS) is 1. The number of aromatic carboxylic acids is 1. The molecule has 1 aliphatic rings. The van der Waals surface area contributed by atoms with E-state index in [0.29, 0.717) is 11.8 Å². The molecule has 0 amide bonds. The van der Waals surface area contributed by atoms with Crippen LogP contribution in [0.15, 0.2) is 35.1 Å². The van der Waals surface area contributed by atoms with Crippen LogP contribution in [-0.2, 0) is 0 Å². The molecule has 4 rings (SSSR count). The molecule has 9 heteroatoms. The van der Waals surface area contributed by atoms with Gasteiger partial charge in [-0.2, -0.15) is 0 Å². The molecule has 0 aliphatic heterocycles. The van der Waals surface area contributed by atoms with E-state index in [4.69, 9.17) is 14.3 Å². The zero-order valence-electron chi connectivity index (χ0n) is 13.8. The summed E-state index contributed by atoms with van der Waals surface area (Å²) in [5, 5.41) is 26.2. The van der Waals surface area contributed by atoms with Gasteiger partial charge in [-0.3, -0.25) is 0 Å². The summed E-state index contributed by atoms with van der Waals surface area (Å²) in [6.45, 7) is 0. The van der Waals surface area contributed by atoms with E-state index in [9.17, 15) is 4.79 Å². The second-order valence-electron chi connectivity index (χ2n) is 6.25. The molecule has 1 saturated carbocycles. The Kier molecular flexibility index (Phi) is 4.34. The van der Waals surface area contributed by atoms with Gasteiger partial charge in [0, 0.05) is 5.56 Å². The lowest BCUT2D eigenvalue weighted by atomic mass is 9.82. The standard InChI is InChI=1S/C17H17N5O4/c23-17(24)14-16(21-22-19-14)26-13-7-5-11(6-8-13)10-1-3-12(4-2-10)15-20-18-9-25-15/h1-4,9,11,13H,5-8H2,(H,23,24)(H,19,21,22). The Labute approximate surface area is 148 Å². The third-order valence-electron chi connectivity index (χ3n) is 4.67. The van der Waals surface area contributed by atoms with E-state index >= 15 is 0 Å². The highest BCUT2D eigenvalue weighted by atomic mass is 16.5. The molecule has 0 atom stereocenters. The van der Waals surface area contributed by atoms with Crippen LogP contribution in [0.1, 0.15) is 47.7 Å². The van der Waals surface area contributed by atoms with Gasteiger partial charge in [-0.15, -0.1) is 10.2 Å². The number of nitrogens with one attached hydrogen (secondary N) is 1. The van der Waals surface area contributed by atoms with Gasteiger partial charge in [-0.05, 0) is 49.3 Å². The first-order valence-corrected chi connectivity index (χ1v) is 8.38. The average molecular weight is 355 g/mol. The molecule has 1 aromatic carbocycles. The number of aromatic amines is 1. The van der Waals surface area contributed by atoms with Crippen LogP contribution in [0.25, 0.3) is 11.5 Å². The van der Waals surface area contributed by atoms with Crippen molar-refractivity contribution in [2.24, 2.45) is 0 Å². The van der Waals surface area contributed by atoms with Gasteiger partial charge in [0.25, 0.3) is 5.88 Å². The fraction of sp³-hybridized carbons (Fsp3) is 0.353. The van der Waals surface area contributed by atoms with Crippen molar-refractivity contribution in [3.8, 4) is 17.3 Å². The van der Waals surface area contributed by atoms with Crippen molar-refractivity contribution in [2.75, 3.05) is 0 Å². The normalized spacial score (nSPS) is 20.0. The highest BCUT2D eigenvalue weighted by Gasteiger charge is 2.26. The van der Waals surface area contributed by atoms with Gasteiger partial charge in [0.05, 0.1) is 0 Å². The molecule has 26 heavy (non-hydrogen) atoms. The molecule has 0 unspecified atom stereocenters. The van der Waals surface area contributed by atoms with Crippen molar-refractivity contribution in [1.29, 1.82) is 0 Å². The summed E-state index contributed by atoms with van der Waals surface area (Å²) in [7, 11) is 0. The summed E-state index contributed by atoms with van der Waals surface area (Å²) in [5.41, 5.74) is 2.05. The van der Waals surface area contributed by atoms with Crippen molar-refractivity contribution in [1.82, 2.24) is 25.6 Å². The van der Waals surface area contributed by atoms with Crippen LogP contribution in [0.5, 0.6) is 5.88 Å². The molecule has 3 aromatic rings. The molecule has 0 bridgehead atoms. The smallest absolute Gasteiger partial charge is 0.359 e. The number of rotatable bonds is 5. The average Bonchev–Trinajstić information content (AvgIpc) is 3.34. The fourth-order valence-electron chi connectivity index (χ4n) is 3.31. The van der Waals surface area contributed by atoms with Crippen molar-refractivity contribution in [3.63, 3.8) is 0 Å². The maximum Gasteiger partial charge on any atom is 0.359 e. The van der Waals surface area contributed by atoms with E-state index < -0.39 is 5.97 Å². The lowest BCUT2D eigenvalue weighted by molar-refractivity contribution is 0.0678. The largest absolute Gasteiger partial charge is 0.476 e. The van der Waals surface area contributed by atoms with Gasteiger partial charge < -0.3 is 14.3 Å². The summed E-state index contributed by atoms with van der Waals surface area (Å²) in [6.07, 6.45) is 4.86. The summed E-state index contributed by atoms with van der Waals surface area (Å²) < 4.78 is 10.9. The maximum absolute atomic E-state index is 11.1. The molecule has 1 aliphatic carbocycles. The molecular weight excluding hydrogens is 338 g/mol. The quantitative estimate of drug-likeness (QED) is 0.715. The minimum Gasteiger partial charge on any atom is -0.476 e. The monoisotopic (exact) mass is 355 g/mol. The van der Waals surface area contributed by atoms with Crippen molar-refractivity contribution < 1.29 is 19.1 Å². The first-order valence-electron chi connectivity index (χ1n) is 8.38. The first kappa shape index (κ1) is 16.2. The fourth-order valence-corrected chi connectivity index (χ4v) is 3.31. The number of ether oxygens (including phenoxy) is 1. The topological polar surface area (TPSA) is 127 Å². The lowest BCUT2D eigenvalue weighted by Gasteiger charge is -2.28. The first-order chi connectivity index (χ1) is 12.7. The van der Waals surface area contributed by atoms with E-state index in [-0.39, 0.29) is 17.7 Å². The summed E-state index contributed by atoms with van der Waals surface area (Å²) in [6, 6.07) is 8.15. The molecule has 9 nitrogen and oxygen atoms in total. The van der Waals surface area contributed by atoms with Crippen LogP contribution >= 0.6 is 0 Å². The number of nitrogens with zero attached hydrogens (tertiary/aromatic N) is 4. The van der Waals surface area contributed by atoms with Crippen LogP contribution in [0.3, 0.4) is 0 Å². The second kappa shape index (κ2) is 6.95. The zero-order chi connectivity index (χ0) is 17.9. The Morgan fingerprint density at radius 3 is 2.58 bits per heavy atom. The van der Waals surface area contributed by atoms with Crippen molar-refractivity contribution >= 4 is 5.97 Å². The van der Waals surface area contributed by atoms with E-state index in [1.54, 1.807) is 0 Å². The predicted molar refractivity (Wildman–Crippen MR) is 88.7 cm³/mol. The van der Waals surface area contributed by atoms with Gasteiger partial charge in [0.2, 0.25) is 18.0 Å². The summed E-state index contributed by atoms with van der Waals surface area (Å²) >= 11 is 0. The Hall–Kier alpha value is -3.23. The molecule has 2 heterocycles. The lowest BCUT2D eigenvalue weighted by Crippen LogP contribution is -2.24. The number of benzene rings is 1. The minimum absolute atomic E-state index is 0.0490. The molecule has 134 valence electrons. The Morgan fingerprint density at radius 1 is 1.15 bits per heavy atom. The van der Waals surface area contributed by atoms with Gasteiger partial charge in [-0.25, -0.2) is 9.89 Å². The number of H-pyrrole nitrogens is 1. The predicted octanol–water partition coefficient (Wildman–Crippen LogP) is 2.66. The van der Waals surface area contributed by atoms with Gasteiger partial charge >= 0.3 is 5.97 Å². The molecule has 2 aromatic heterocycles. The highest BCUT2D eigenvalue weighted by molar-refractivity contribution is 5.87. The number of hydrogen-bond donors (Lipinski definition) is 2. The van der Waals surface area contributed by atoms with E-state index in [0.717, 1.165) is 31.2 Å². The summed E-state index contributed by atoms with van der Waals surface area (Å²) in [5.74, 6) is -0.108. The number of hydrogen-bond acceptors (Lipinski definition) is 7. The summed E-state index contributed by atoms with van der Waals surface area (Å²) in [4.78, 5) is 11.1. The number of carbonyl (C=O) groups is 1. The third kappa shape index (κ3) is 3.28. The van der Waals surface area contributed by atoms with E-state index in [1.807, 2.05) is 12.1 Å².